The molecule has 5 nitrogen and oxygen atoms in total. The first-order valence-corrected chi connectivity index (χ1v) is 12.1. The average molecular weight is 434 g/mol. The van der Waals surface area contributed by atoms with E-state index < -0.39 is 0 Å². The van der Waals surface area contributed by atoms with Gasteiger partial charge in [-0.15, -0.1) is 0 Å². The van der Waals surface area contributed by atoms with Gasteiger partial charge in [0.15, 0.2) is 0 Å². The molecule has 32 heavy (non-hydrogen) atoms. The van der Waals surface area contributed by atoms with Gasteiger partial charge in [-0.2, -0.15) is 0 Å². The summed E-state index contributed by atoms with van der Waals surface area (Å²) in [6.07, 6.45) is 8.56. The van der Waals surface area contributed by atoms with E-state index in [1.54, 1.807) is 6.20 Å². The Morgan fingerprint density at radius 1 is 0.875 bits per heavy atom. The first-order valence-electron chi connectivity index (χ1n) is 12.1. The van der Waals surface area contributed by atoms with Crippen molar-refractivity contribution >= 4 is 11.8 Å². The predicted octanol–water partition coefficient (Wildman–Crippen LogP) is 4.50. The Balaban J connectivity index is 1.15. The van der Waals surface area contributed by atoms with Crippen molar-refractivity contribution in [2.24, 2.45) is 11.8 Å². The predicted molar refractivity (Wildman–Crippen MR) is 126 cm³/mol. The topological polar surface area (TPSA) is 53.5 Å². The van der Waals surface area contributed by atoms with Crippen LogP contribution in [0.15, 0.2) is 48.7 Å². The number of aromatic nitrogens is 1. The molecule has 2 aliphatic heterocycles. The van der Waals surface area contributed by atoms with E-state index in [0.29, 0.717) is 29.7 Å². The Bertz CT molecular complexity index is 881. The molecule has 0 unspecified atom stereocenters. The van der Waals surface area contributed by atoms with Gasteiger partial charge in [-0.25, -0.2) is 0 Å². The number of hydrogen-bond acceptors (Lipinski definition) is 3. The van der Waals surface area contributed by atoms with Gasteiger partial charge in [-0.3, -0.25) is 14.6 Å². The second-order valence-electron chi connectivity index (χ2n) is 9.48. The van der Waals surface area contributed by atoms with Crippen LogP contribution in [-0.4, -0.2) is 52.8 Å². The molecule has 0 bridgehead atoms. The van der Waals surface area contributed by atoms with Crippen LogP contribution in [0.1, 0.15) is 60.1 Å². The molecule has 0 saturated carbocycles. The van der Waals surface area contributed by atoms with Gasteiger partial charge in [-0.1, -0.05) is 30.3 Å². The van der Waals surface area contributed by atoms with Crippen molar-refractivity contribution in [3.05, 3.63) is 65.5 Å². The Morgan fingerprint density at radius 3 is 2.19 bits per heavy atom. The van der Waals surface area contributed by atoms with Gasteiger partial charge in [0.05, 0.1) is 5.56 Å². The number of nitrogens with zero attached hydrogens (tertiary/aromatic N) is 3. The lowest BCUT2D eigenvalue weighted by Gasteiger charge is -2.34. The fourth-order valence-electron chi connectivity index (χ4n) is 5.02. The van der Waals surface area contributed by atoms with Gasteiger partial charge < -0.3 is 9.80 Å². The quantitative estimate of drug-likeness (QED) is 0.674. The summed E-state index contributed by atoms with van der Waals surface area (Å²) in [6, 6.07) is 14.4. The summed E-state index contributed by atoms with van der Waals surface area (Å²) < 4.78 is 0. The molecule has 0 spiro atoms. The van der Waals surface area contributed by atoms with Gasteiger partial charge in [0.25, 0.3) is 5.91 Å². The molecule has 5 heteroatoms. The van der Waals surface area contributed by atoms with E-state index in [9.17, 15) is 9.59 Å². The van der Waals surface area contributed by atoms with Crippen LogP contribution < -0.4 is 0 Å². The van der Waals surface area contributed by atoms with Crippen LogP contribution in [0.4, 0.5) is 0 Å². The lowest BCUT2D eigenvalue weighted by Crippen LogP contribution is -2.40. The lowest BCUT2D eigenvalue weighted by atomic mass is 9.89. The normalized spacial score (nSPS) is 18.0. The van der Waals surface area contributed by atoms with Crippen LogP contribution in [0, 0.1) is 18.8 Å². The number of hydrogen-bond donors (Lipinski definition) is 0. The minimum atomic E-state index is 0.0744. The standard InChI is InChI=1S/C27H35N3O2/c1-21-7-9-25(20-28-21)27(32)30-17-11-22(12-18-30)8-10-26(31)29-15-13-24(14-16-29)19-23-5-3-2-4-6-23/h2-7,9,20,22,24H,8,10-19H2,1H3. The number of piperidine rings is 2. The first-order chi connectivity index (χ1) is 15.6. The molecule has 2 aromatic rings. The van der Waals surface area contributed by atoms with Crippen LogP contribution in [0.5, 0.6) is 0 Å². The Morgan fingerprint density at radius 2 is 1.53 bits per heavy atom. The highest BCUT2D eigenvalue weighted by Crippen LogP contribution is 2.25. The maximum Gasteiger partial charge on any atom is 0.255 e. The third-order valence-electron chi connectivity index (χ3n) is 7.16. The average Bonchev–Trinajstić information content (AvgIpc) is 2.84. The lowest BCUT2D eigenvalue weighted by molar-refractivity contribution is -0.133. The number of likely N-dealkylation sites (tertiary alicyclic amines) is 2. The molecule has 3 heterocycles. The summed E-state index contributed by atoms with van der Waals surface area (Å²) in [5.41, 5.74) is 2.99. The molecular weight excluding hydrogens is 398 g/mol. The van der Waals surface area contributed by atoms with Crippen LogP contribution in [0.2, 0.25) is 0 Å². The van der Waals surface area contributed by atoms with E-state index in [-0.39, 0.29) is 5.91 Å². The molecule has 0 atom stereocenters. The van der Waals surface area contributed by atoms with Crippen molar-refractivity contribution in [1.29, 1.82) is 0 Å². The van der Waals surface area contributed by atoms with Crippen LogP contribution in [0.25, 0.3) is 0 Å². The van der Waals surface area contributed by atoms with Crippen molar-refractivity contribution in [2.75, 3.05) is 26.2 Å². The SMILES string of the molecule is Cc1ccc(C(=O)N2CCC(CCC(=O)N3CCC(Cc4ccccc4)CC3)CC2)cn1. The molecule has 1 aromatic carbocycles. The second-order valence-corrected chi connectivity index (χ2v) is 9.48. The van der Waals surface area contributed by atoms with Crippen molar-refractivity contribution in [3.63, 3.8) is 0 Å². The van der Waals surface area contributed by atoms with Gasteiger partial charge >= 0.3 is 0 Å². The maximum absolute atomic E-state index is 12.7. The summed E-state index contributed by atoms with van der Waals surface area (Å²) >= 11 is 0. The molecule has 2 saturated heterocycles. The molecule has 2 aliphatic rings. The Kier molecular flexibility index (Phi) is 7.56. The first kappa shape index (κ1) is 22.5. The van der Waals surface area contributed by atoms with Gasteiger partial charge in [-0.05, 0) is 75.0 Å². The van der Waals surface area contributed by atoms with Crippen molar-refractivity contribution in [2.45, 2.75) is 51.9 Å². The number of benzene rings is 1. The highest BCUT2D eigenvalue weighted by Gasteiger charge is 2.26. The highest BCUT2D eigenvalue weighted by atomic mass is 16.2. The second kappa shape index (κ2) is 10.8. The molecule has 1 aromatic heterocycles. The van der Waals surface area contributed by atoms with Gasteiger partial charge in [0.2, 0.25) is 5.91 Å². The van der Waals surface area contributed by atoms with Gasteiger partial charge in [0, 0.05) is 44.5 Å². The number of carbonyl (C=O) groups excluding carboxylic acids is 2. The zero-order chi connectivity index (χ0) is 22.3. The van der Waals surface area contributed by atoms with Crippen LogP contribution in [-0.2, 0) is 11.2 Å². The minimum Gasteiger partial charge on any atom is -0.343 e. The monoisotopic (exact) mass is 433 g/mol. The molecule has 0 N–H and O–H groups in total. The van der Waals surface area contributed by atoms with E-state index >= 15 is 0 Å². The summed E-state index contributed by atoms with van der Waals surface area (Å²) in [4.78, 5) is 33.6. The van der Waals surface area contributed by atoms with E-state index in [4.69, 9.17) is 0 Å². The molecule has 4 rings (SSSR count). The van der Waals surface area contributed by atoms with E-state index in [1.165, 1.54) is 5.56 Å². The molecule has 170 valence electrons. The van der Waals surface area contributed by atoms with E-state index in [1.807, 2.05) is 24.0 Å². The fourth-order valence-corrected chi connectivity index (χ4v) is 5.02. The number of carbonyl (C=O) groups is 2. The summed E-state index contributed by atoms with van der Waals surface area (Å²) in [5, 5.41) is 0. The number of pyridine rings is 1. The third kappa shape index (κ3) is 5.96. The van der Waals surface area contributed by atoms with Gasteiger partial charge in [0.1, 0.15) is 0 Å². The highest BCUT2D eigenvalue weighted by molar-refractivity contribution is 5.94. The third-order valence-corrected chi connectivity index (χ3v) is 7.16. The maximum atomic E-state index is 12.7. The van der Waals surface area contributed by atoms with Crippen LogP contribution in [0.3, 0.4) is 0 Å². The van der Waals surface area contributed by atoms with Crippen molar-refractivity contribution < 1.29 is 9.59 Å². The fraction of sp³-hybridized carbons (Fsp3) is 0.519. The Hall–Kier alpha value is -2.69. The van der Waals surface area contributed by atoms with Crippen LogP contribution >= 0.6 is 0 Å². The van der Waals surface area contributed by atoms with E-state index in [2.05, 4.69) is 40.2 Å². The molecule has 0 radical (unpaired) electrons. The number of rotatable bonds is 6. The zero-order valence-electron chi connectivity index (χ0n) is 19.2. The summed E-state index contributed by atoms with van der Waals surface area (Å²) in [7, 11) is 0. The molecular formula is C27H35N3O2. The summed E-state index contributed by atoms with van der Waals surface area (Å²) in [5.74, 6) is 1.61. The van der Waals surface area contributed by atoms with E-state index in [0.717, 1.165) is 70.4 Å². The zero-order valence-corrected chi connectivity index (χ0v) is 19.2. The molecule has 2 amide bonds. The van der Waals surface area contributed by atoms with Crippen molar-refractivity contribution in [3.8, 4) is 0 Å². The smallest absolute Gasteiger partial charge is 0.255 e. The molecule has 2 fully saturated rings. The van der Waals surface area contributed by atoms with Crippen molar-refractivity contribution in [1.82, 2.24) is 14.8 Å². The Labute approximate surface area is 191 Å². The largest absolute Gasteiger partial charge is 0.343 e. The summed E-state index contributed by atoms with van der Waals surface area (Å²) in [6.45, 7) is 5.27. The number of amides is 2. The number of aryl methyl sites for hydroxylation is 1. The molecule has 0 aliphatic carbocycles. The minimum absolute atomic E-state index is 0.0744.